The summed E-state index contributed by atoms with van der Waals surface area (Å²) in [6.45, 7) is 4.33. The summed E-state index contributed by atoms with van der Waals surface area (Å²) in [5.41, 5.74) is 2.67. The van der Waals surface area contributed by atoms with E-state index in [0.29, 0.717) is 5.92 Å². The van der Waals surface area contributed by atoms with Crippen molar-refractivity contribution < 1.29 is 4.79 Å². The number of nitrogens with one attached hydrogen (secondary N) is 1. The lowest BCUT2D eigenvalue weighted by Gasteiger charge is -2.23. The predicted octanol–water partition coefficient (Wildman–Crippen LogP) is 3.33. The molecular formula is C16H22BrNO. The summed E-state index contributed by atoms with van der Waals surface area (Å²) in [7, 11) is 0. The molecule has 1 aliphatic rings. The highest BCUT2D eigenvalue weighted by Crippen LogP contribution is 2.26. The second kappa shape index (κ2) is 6.56. The van der Waals surface area contributed by atoms with Crippen molar-refractivity contribution >= 4 is 21.8 Å². The first-order valence-corrected chi connectivity index (χ1v) is 8.17. The Hall–Kier alpha value is -0.830. The van der Waals surface area contributed by atoms with Gasteiger partial charge < -0.3 is 5.32 Å². The number of alkyl halides is 1. The molecular weight excluding hydrogens is 302 g/mol. The van der Waals surface area contributed by atoms with E-state index in [0.717, 1.165) is 24.6 Å². The summed E-state index contributed by atoms with van der Waals surface area (Å²) in [4.78, 5) is 12.4. The monoisotopic (exact) mass is 323 g/mol. The molecule has 2 rings (SSSR count). The molecule has 1 N–H and O–H groups in total. The van der Waals surface area contributed by atoms with Crippen LogP contribution in [-0.2, 0) is 17.6 Å². The Morgan fingerprint density at radius 2 is 1.89 bits per heavy atom. The van der Waals surface area contributed by atoms with Crippen molar-refractivity contribution in [1.29, 1.82) is 0 Å². The summed E-state index contributed by atoms with van der Waals surface area (Å²) in [6.07, 6.45) is 2.77. The molecule has 0 aromatic heterocycles. The van der Waals surface area contributed by atoms with Gasteiger partial charge in [0.25, 0.3) is 0 Å². The van der Waals surface area contributed by atoms with Crippen LogP contribution in [0.5, 0.6) is 0 Å². The molecule has 0 saturated carbocycles. The van der Waals surface area contributed by atoms with E-state index in [1.807, 2.05) is 0 Å². The normalized spacial score (nSPS) is 16.4. The topological polar surface area (TPSA) is 29.1 Å². The van der Waals surface area contributed by atoms with Gasteiger partial charge in [-0.3, -0.25) is 4.79 Å². The highest BCUT2D eigenvalue weighted by atomic mass is 79.9. The minimum Gasteiger partial charge on any atom is -0.353 e. The molecule has 1 unspecified atom stereocenters. The fraction of sp³-hybridized carbons (Fsp3) is 0.562. The van der Waals surface area contributed by atoms with Gasteiger partial charge >= 0.3 is 0 Å². The number of amides is 1. The van der Waals surface area contributed by atoms with Crippen molar-refractivity contribution in [2.45, 2.75) is 39.2 Å². The Balaban J connectivity index is 1.95. The van der Waals surface area contributed by atoms with Gasteiger partial charge in [-0.15, -0.1) is 0 Å². The molecule has 0 spiro atoms. The third-order valence-electron chi connectivity index (χ3n) is 3.97. The summed E-state index contributed by atoms with van der Waals surface area (Å²) in [6, 6.07) is 8.67. The summed E-state index contributed by atoms with van der Waals surface area (Å²) < 4.78 is 0. The van der Waals surface area contributed by atoms with Crippen molar-refractivity contribution in [1.82, 2.24) is 5.32 Å². The van der Waals surface area contributed by atoms with Crippen molar-refractivity contribution in [2.24, 2.45) is 11.8 Å². The second-order valence-electron chi connectivity index (χ2n) is 5.71. The quantitative estimate of drug-likeness (QED) is 0.827. The van der Waals surface area contributed by atoms with Gasteiger partial charge in [-0.25, -0.2) is 0 Å². The number of halogens is 1. The van der Waals surface area contributed by atoms with Crippen molar-refractivity contribution in [3.05, 3.63) is 35.4 Å². The van der Waals surface area contributed by atoms with E-state index in [-0.39, 0.29) is 17.9 Å². The Morgan fingerprint density at radius 1 is 1.32 bits per heavy atom. The average Bonchev–Trinajstić information content (AvgIpc) is 2.81. The summed E-state index contributed by atoms with van der Waals surface area (Å²) >= 11 is 3.46. The SMILES string of the molecule is CC(C)C(CCBr)NC(=O)C1Cc2ccccc2C1. The minimum absolute atomic E-state index is 0.119. The Labute approximate surface area is 124 Å². The Morgan fingerprint density at radius 3 is 2.37 bits per heavy atom. The maximum Gasteiger partial charge on any atom is 0.224 e. The maximum absolute atomic E-state index is 12.4. The molecule has 1 aromatic carbocycles. The molecule has 0 fully saturated rings. The number of hydrogen-bond acceptors (Lipinski definition) is 1. The second-order valence-corrected chi connectivity index (χ2v) is 6.50. The predicted molar refractivity (Wildman–Crippen MR) is 82.5 cm³/mol. The number of rotatable bonds is 5. The number of carbonyl (C=O) groups excluding carboxylic acids is 1. The van der Waals surface area contributed by atoms with E-state index in [1.54, 1.807) is 0 Å². The van der Waals surface area contributed by atoms with E-state index >= 15 is 0 Å². The van der Waals surface area contributed by atoms with Gasteiger partial charge in [0, 0.05) is 17.3 Å². The van der Waals surface area contributed by atoms with Crippen LogP contribution in [0.2, 0.25) is 0 Å². The zero-order valence-electron chi connectivity index (χ0n) is 11.7. The fourth-order valence-corrected chi connectivity index (χ4v) is 3.23. The van der Waals surface area contributed by atoms with Crippen molar-refractivity contribution in [2.75, 3.05) is 5.33 Å². The van der Waals surface area contributed by atoms with Crippen LogP contribution in [0.3, 0.4) is 0 Å². The van der Waals surface area contributed by atoms with Crippen LogP contribution in [0, 0.1) is 11.8 Å². The smallest absolute Gasteiger partial charge is 0.224 e. The first-order valence-electron chi connectivity index (χ1n) is 7.05. The first-order chi connectivity index (χ1) is 9.11. The summed E-state index contributed by atoms with van der Waals surface area (Å²) in [5.74, 6) is 0.815. The van der Waals surface area contributed by atoms with E-state index < -0.39 is 0 Å². The molecule has 104 valence electrons. The molecule has 0 aliphatic heterocycles. The minimum atomic E-state index is 0.119. The van der Waals surface area contributed by atoms with E-state index in [4.69, 9.17) is 0 Å². The number of benzene rings is 1. The highest BCUT2D eigenvalue weighted by Gasteiger charge is 2.28. The van der Waals surface area contributed by atoms with Gasteiger partial charge in [-0.2, -0.15) is 0 Å². The number of fused-ring (bicyclic) bond motifs is 1. The van der Waals surface area contributed by atoms with Crippen LogP contribution < -0.4 is 5.32 Å². The van der Waals surface area contributed by atoms with E-state index in [1.165, 1.54) is 11.1 Å². The third-order valence-corrected chi connectivity index (χ3v) is 4.43. The Bertz CT molecular complexity index is 419. The molecule has 19 heavy (non-hydrogen) atoms. The highest BCUT2D eigenvalue weighted by molar-refractivity contribution is 9.09. The lowest BCUT2D eigenvalue weighted by atomic mass is 9.99. The average molecular weight is 324 g/mol. The van der Waals surface area contributed by atoms with Gasteiger partial charge in [0.2, 0.25) is 5.91 Å². The van der Waals surface area contributed by atoms with Crippen LogP contribution in [0.1, 0.15) is 31.4 Å². The van der Waals surface area contributed by atoms with Crippen LogP contribution in [-0.4, -0.2) is 17.3 Å². The van der Waals surface area contributed by atoms with Gasteiger partial charge in [-0.1, -0.05) is 54.0 Å². The standard InChI is InChI=1S/C16H22BrNO/c1-11(2)15(7-8-17)18-16(19)14-9-12-5-3-4-6-13(12)10-14/h3-6,11,14-15H,7-10H2,1-2H3,(H,18,19). The molecule has 1 aliphatic carbocycles. The molecule has 1 amide bonds. The van der Waals surface area contributed by atoms with Crippen molar-refractivity contribution in [3.8, 4) is 0 Å². The van der Waals surface area contributed by atoms with Gasteiger partial charge in [0.15, 0.2) is 0 Å². The molecule has 0 radical (unpaired) electrons. The lowest BCUT2D eigenvalue weighted by Crippen LogP contribution is -2.42. The maximum atomic E-state index is 12.4. The lowest BCUT2D eigenvalue weighted by molar-refractivity contribution is -0.125. The molecule has 2 nitrogen and oxygen atoms in total. The van der Waals surface area contributed by atoms with E-state index in [9.17, 15) is 4.79 Å². The molecule has 1 atom stereocenters. The zero-order chi connectivity index (χ0) is 13.8. The Kier molecular flexibility index (Phi) is 5.03. The first kappa shape index (κ1) is 14.6. The number of hydrogen-bond donors (Lipinski definition) is 1. The van der Waals surface area contributed by atoms with Crippen LogP contribution in [0.25, 0.3) is 0 Å². The summed E-state index contributed by atoms with van der Waals surface area (Å²) in [5, 5.41) is 4.16. The van der Waals surface area contributed by atoms with E-state index in [2.05, 4.69) is 59.4 Å². The van der Waals surface area contributed by atoms with Gasteiger partial charge in [0.05, 0.1) is 0 Å². The molecule has 0 saturated heterocycles. The van der Waals surface area contributed by atoms with Crippen LogP contribution in [0.15, 0.2) is 24.3 Å². The fourth-order valence-electron chi connectivity index (χ4n) is 2.73. The van der Waals surface area contributed by atoms with Crippen LogP contribution >= 0.6 is 15.9 Å². The molecule has 3 heteroatoms. The van der Waals surface area contributed by atoms with Crippen LogP contribution in [0.4, 0.5) is 0 Å². The van der Waals surface area contributed by atoms with Gasteiger partial charge in [-0.05, 0) is 36.3 Å². The zero-order valence-corrected chi connectivity index (χ0v) is 13.2. The van der Waals surface area contributed by atoms with Crippen molar-refractivity contribution in [3.63, 3.8) is 0 Å². The molecule has 0 heterocycles. The number of carbonyl (C=O) groups is 1. The third kappa shape index (κ3) is 3.59. The molecule has 0 bridgehead atoms. The molecule has 1 aromatic rings. The largest absolute Gasteiger partial charge is 0.353 e. The van der Waals surface area contributed by atoms with Gasteiger partial charge in [0.1, 0.15) is 0 Å².